The molecule has 0 aromatic heterocycles. The summed E-state index contributed by atoms with van der Waals surface area (Å²) in [5, 5.41) is 0.807. The first-order valence-corrected chi connectivity index (χ1v) is 14.5. The van der Waals surface area contributed by atoms with Gasteiger partial charge < -0.3 is 27.6 Å². The normalized spacial score (nSPS) is 12.6. The summed E-state index contributed by atoms with van der Waals surface area (Å²) in [5.74, 6) is 1.16. The average molecular weight is 529 g/mol. The van der Waals surface area contributed by atoms with Crippen LogP contribution in [0.15, 0.2) is 24.3 Å². The molecule has 8 nitrogen and oxygen atoms in total. The van der Waals surface area contributed by atoms with E-state index in [1.165, 1.54) is 28.4 Å². The second kappa shape index (κ2) is 11.6. The van der Waals surface area contributed by atoms with Gasteiger partial charge in [-0.3, -0.25) is 9.13 Å². The van der Waals surface area contributed by atoms with Crippen molar-refractivity contribution < 1.29 is 36.7 Å². The highest BCUT2D eigenvalue weighted by Crippen LogP contribution is 2.53. The van der Waals surface area contributed by atoms with E-state index in [4.69, 9.17) is 27.6 Å². The summed E-state index contributed by atoms with van der Waals surface area (Å²) in [6, 6.07) is 7.36. The predicted molar refractivity (Wildman–Crippen MR) is 139 cm³/mol. The lowest BCUT2D eigenvalue weighted by molar-refractivity contribution is 0.286. The molecule has 2 rings (SSSR count). The van der Waals surface area contributed by atoms with Crippen LogP contribution >= 0.6 is 15.2 Å². The molecule has 0 amide bonds. The fourth-order valence-corrected chi connectivity index (χ4v) is 7.73. The number of hydrogen-bond donors (Lipinski definition) is 0. The first-order valence-electron chi connectivity index (χ1n) is 11.4. The van der Waals surface area contributed by atoms with Crippen LogP contribution in [0.1, 0.15) is 49.9 Å². The number of ether oxygens (including phenoxy) is 2. The molecule has 0 saturated heterocycles. The first kappa shape index (κ1) is 29.6. The van der Waals surface area contributed by atoms with E-state index < -0.39 is 20.6 Å². The van der Waals surface area contributed by atoms with Crippen LogP contribution in [0.5, 0.6) is 11.5 Å². The van der Waals surface area contributed by atoms with Crippen LogP contribution in [0.2, 0.25) is 0 Å². The summed E-state index contributed by atoms with van der Waals surface area (Å²) in [7, 11) is -2.02. The molecular formula is C25H38O8P2. The lowest BCUT2D eigenvalue weighted by Gasteiger charge is -2.34. The third-order valence-corrected chi connectivity index (χ3v) is 10.4. The highest BCUT2D eigenvalue weighted by atomic mass is 31.2. The van der Waals surface area contributed by atoms with E-state index in [-0.39, 0.29) is 0 Å². The van der Waals surface area contributed by atoms with Gasteiger partial charge in [-0.15, -0.1) is 0 Å². The molecule has 2 aromatic carbocycles. The third-order valence-electron chi connectivity index (χ3n) is 6.22. The van der Waals surface area contributed by atoms with Crippen LogP contribution in [0.25, 0.3) is 0 Å². The zero-order valence-corrected chi connectivity index (χ0v) is 24.2. The molecule has 0 aliphatic carbocycles. The molecule has 0 saturated carbocycles. The van der Waals surface area contributed by atoms with Crippen molar-refractivity contribution in [2.45, 2.75) is 47.0 Å². The maximum Gasteiger partial charge on any atom is 0.361 e. The lowest BCUT2D eigenvalue weighted by atomic mass is 9.77. The van der Waals surface area contributed by atoms with Gasteiger partial charge in [-0.1, -0.05) is 26.0 Å². The molecule has 10 heteroatoms. The van der Waals surface area contributed by atoms with Crippen molar-refractivity contribution in [1.29, 1.82) is 0 Å². The summed E-state index contributed by atoms with van der Waals surface area (Å²) >= 11 is 0. The van der Waals surface area contributed by atoms with E-state index in [1.807, 2.05) is 65.8 Å². The monoisotopic (exact) mass is 528 g/mol. The first-order chi connectivity index (χ1) is 16.4. The Morgan fingerprint density at radius 2 is 0.971 bits per heavy atom. The average Bonchev–Trinajstić information content (AvgIpc) is 2.85. The minimum absolute atomic E-state index is 0.403. The van der Waals surface area contributed by atoms with Gasteiger partial charge in [-0.05, 0) is 51.0 Å². The molecule has 0 spiro atoms. The standard InChI is InChI=1S/C25H38O8P2/c1-11-32-21-15-13-19(23(17(21)3)34(26,28-7)29-8)25(5,6)20-14-16-22(33-12-2)18(4)24(20)35(27,30-9)31-10/h13-16H,11-12H2,1-10H3. The second-order valence-corrected chi connectivity index (χ2v) is 12.7. The van der Waals surface area contributed by atoms with Gasteiger partial charge in [-0.25, -0.2) is 0 Å². The molecule has 0 bridgehead atoms. The Labute approximate surface area is 209 Å². The minimum Gasteiger partial charge on any atom is -0.494 e. The van der Waals surface area contributed by atoms with E-state index in [2.05, 4.69) is 0 Å². The van der Waals surface area contributed by atoms with Crippen molar-refractivity contribution in [2.24, 2.45) is 0 Å². The molecular weight excluding hydrogens is 490 g/mol. The Balaban J connectivity index is 3.01. The minimum atomic E-state index is -3.71. The van der Waals surface area contributed by atoms with Crippen LogP contribution in [-0.4, -0.2) is 41.7 Å². The maximum absolute atomic E-state index is 13.8. The number of benzene rings is 2. The van der Waals surface area contributed by atoms with Crippen molar-refractivity contribution in [1.82, 2.24) is 0 Å². The Kier molecular flexibility index (Phi) is 9.80. The van der Waals surface area contributed by atoms with Gasteiger partial charge in [-0.2, -0.15) is 0 Å². The molecule has 196 valence electrons. The molecule has 0 heterocycles. The molecule has 0 radical (unpaired) electrons. The molecule has 0 fully saturated rings. The van der Waals surface area contributed by atoms with Gasteiger partial charge >= 0.3 is 15.2 Å². The SMILES string of the molecule is CCOc1ccc(C(C)(C)c2ccc(OCC)c(C)c2P(=O)(OC)OC)c(P(=O)(OC)OC)c1C. The summed E-state index contributed by atoms with van der Waals surface area (Å²) in [4.78, 5) is 0. The fourth-order valence-electron chi connectivity index (χ4n) is 4.36. The van der Waals surface area contributed by atoms with E-state index in [0.717, 1.165) is 0 Å². The Hall–Kier alpha value is -1.66. The molecule has 0 aliphatic rings. The van der Waals surface area contributed by atoms with Gasteiger partial charge in [0.25, 0.3) is 0 Å². The van der Waals surface area contributed by atoms with Gasteiger partial charge in [0, 0.05) is 45.0 Å². The van der Waals surface area contributed by atoms with Crippen LogP contribution in [-0.2, 0) is 32.6 Å². The molecule has 2 aromatic rings. The summed E-state index contributed by atoms with van der Waals surface area (Å²) < 4.78 is 60.9. The smallest absolute Gasteiger partial charge is 0.361 e. The Bertz CT molecular complexity index is 1040. The Morgan fingerprint density at radius 1 is 0.657 bits per heavy atom. The van der Waals surface area contributed by atoms with Crippen molar-refractivity contribution in [3.8, 4) is 11.5 Å². The van der Waals surface area contributed by atoms with E-state index in [1.54, 1.807) is 0 Å². The van der Waals surface area contributed by atoms with Crippen molar-refractivity contribution in [3.05, 3.63) is 46.5 Å². The number of hydrogen-bond acceptors (Lipinski definition) is 8. The summed E-state index contributed by atoms with van der Waals surface area (Å²) in [5.41, 5.74) is 1.81. The quantitative estimate of drug-likeness (QED) is 0.327. The van der Waals surface area contributed by atoms with Gasteiger partial charge in [0.1, 0.15) is 11.5 Å². The molecule has 0 atom stereocenters. The van der Waals surface area contributed by atoms with Crippen molar-refractivity contribution in [3.63, 3.8) is 0 Å². The molecule has 0 N–H and O–H groups in total. The van der Waals surface area contributed by atoms with Gasteiger partial charge in [0.05, 0.1) is 23.8 Å². The lowest BCUT2D eigenvalue weighted by Crippen LogP contribution is -2.34. The van der Waals surface area contributed by atoms with Crippen LogP contribution in [0.3, 0.4) is 0 Å². The second-order valence-electron chi connectivity index (χ2n) is 8.39. The van der Waals surface area contributed by atoms with E-state index >= 15 is 0 Å². The zero-order valence-electron chi connectivity index (χ0n) is 22.4. The highest BCUT2D eigenvalue weighted by Gasteiger charge is 2.42. The number of rotatable bonds is 12. The van der Waals surface area contributed by atoms with Crippen LogP contribution in [0.4, 0.5) is 0 Å². The Morgan fingerprint density at radius 3 is 1.23 bits per heavy atom. The predicted octanol–water partition coefficient (Wildman–Crippen LogP) is 5.65. The molecule has 35 heavy (non-hydrogen) atoms. The third kappa shape index (κ3) is 5.39. The topological polar surface area (TPSA) is 89.5 Å². The van der Waals surface area contributed by atoms with Crippen LogP contribution in [0, 0.1) is 13.8 Å². The van der Waals surface area contributed by atoms with Gasteiger partial charge in [0.2, 0.25) is 0 Å². The van der Waals surface area contributed by atoms with Crippen molar-refractivity contribution >= 4 is 25.8 Å². The molecule has 0 aliphatic heterocycles. The van der Waals surface area contributed by atoms with Crippen molar-refractivity contribution in [2.75, 3.05) is 41.7 Å². The highest BCUT2D eigenvalue weighted by molar-refractivity contribution is 7.62. The molecule has 0 unspecified atom stereocenters. The fraction of sp³-hybridized carbons (Fsp3) is 0.520. The van der Waals surface area contributed by atoms with Gasteiger partial charge in [0.15, 0.2) is 0 Å². The van der Waals surface area contributed by atoms with E-state index in [0.29, 0.717) is 57.6 Å². The van der Waals surface area contributed by atoms with Crippen LogP contribution < -0.4 is 20.1 Å². The summed E-state index contributed by atoms with van der Waals surface area (Å²) in [6.07, 6.45) is 0. The summed E-state index contributed by atoms with van der Waals surface area (Å²) in [6.45, 7) is 12.2. The largest absolute Gasteiger partial charge is 0.494 e. The maximum atomic E-state index is 13.8. The zero-order chi connectivity index (χ0) is 26.6. The van der Waals surface area contributed by atoms with E-state index in [9.17, 15) is 9.13 Å².